The smallest absolute Gasteiger partial charge is 0.194 e. The second-order valence-corrected chi connectivity index (χ2v) is 7.99. The lowest BCUT2D eigenvalue weighted by molar-refractivity contribution is -0.0605. The number of likely N-dealkylation sites (tertiary alicyclic amines) is 1. The maximum Gasteiger partial charge on any atom is 0.194 e. The minimum atomic E-state index is -0.215. The van der Waals surface area contributed by atoms with Crippen LogP contribution in [0.3, 0.4) is 0 Å². The van der Waals surface area contributed by atoms with Crippen molar-refractivity contribution in [2.24, 2.45) is 10.9 Å². The minimum absolute atomic E-state index is 0. The molecule has 2 fully saturated rings. The van der Waals surface area contributed by atoms with Crippen molar-refractivity contribution in [1.82, 2.24) is 15.1 Å². The van der Waals surface area contributed by atoms with Crippen molar-refractivity contribution in [3.8, 4) is 0 Å². The second-order valence-electron chi connectivity index (χ2n) is 7.99. The number of benzene rings is 1. The fourth-order valence-corrected chi connectivity index (χ4v) is 4.21. The minimum Gasteiger partial charge on any atom is -0.367 e. The summed E-state index contributed by atoms with van der Waals surface area (Å²) < 4.78 is 19.4. The third-order valence-corrected chi connectivity index (χ3v) is 5.69. The van der Waals surface area contributed by atoms with Gasteiger partial charge >= 0.3 is 0 Å². The third kappa shape index (κ3) is 7.07. The Bertz CT molecular complexity index is 642. The average Bonchev–Trinajstić information content (AvgIpc) is 2.71. The van der Waals surface area contributed by atoms with Gasteiger partial charge in [-0.3, -0.25) is 4.99 Å². The van der Waals surface area contributed by atoms with Gasteiger partial charge in [-0.05, 0) is 63.4 Å². The summed E-state index contributed by atoms with van der Waals surface area (Å²) in [4.78, 5) is 9.82. The summed E-state index contributed by atoms with van der Waals surface area (Å²) >= 11 is 0. The third-order valence-electron chi connectivity index (χ3n) is 5.69. The molecule has 1 N–H and O–H groups in total. The van der Waals surface area contributed by atoms with Gasteiger partial charge in [-0.25, -0.2) is 4.39 Å². The van der Waals surface area contributed by atoms with Crippen molar-refractivity contribution in [2.75, 3.05) is 45.8 Å². The Morgan fingerprint density at radius 3 is 2.66 bits per heavy atom. The van der Waals surface area contributed by atoms with Gasteiger partial charge in [0.15, 0.2) is 5.96 Å². The lowest BCUT2D eigenvalue weighted by Gasteiger charge is -2.39. The first kappa shape index (κ1) is 24.3. The second kappa shape index (κ2) is 12.1. The molecule has 1 aromatic carbocycles. The molecule has 2 aliphatic heterocycles. The Kier molecular flexibility index (Phi) is 10.1. The van der Waals surface area contributed by atoms with Crippen LogP contribution >= 0.6 is 24.0 Å². The van der Waals surface area contributed by atoms with Crippen LogP contribution in [0, 0.1) is 11.7 Å². The molecule has 0 spiro atoms. The Hall–Kier alpha value is -0.930. The van der Waals surface area contributed by atoms with E-state index < -0.39 is 0 Å². The lowest BCUT2D eigenvalue weighted by Crippen LogP contribution is -2.51. The number of halogens is 2. The summed E-state index contributed by atoms with van der Waals surface area (Å²) in [5.74, 6) is 1.39. The van der Waals surface area contributed by atoms with Gasteiger partial charge in [-0.2, -0.15) is 0 Å². The number of aliphatic imine (C=N–C) groups is 1. The Labute approximate surface area is 192 Å². The zero-order chi connectivity index (χ0) is 19.9. The highest BCUT2D eigenvalue weighted by Gasteiger charge is 2.28. The fourth-order valence-electron chi connectivity index (χ4n) is 4.21. The van der Waals surface area contributed by atoms with Crippen molar-refractivity contribution in [1.29, 1.82) is 0 Å². The first-order valence-corrected chi connectivity index (χ1v) is 10.8. The highest BCUT2D eigenvalue weighted by Crippen LogP contribution is 2.25. The van der Waals surface area contributed by atoms with E-state index in [1.54, 1.807) is 0 Å². The number of nitrogens with one attached hydrogen (secondary N) is 1. The molecule has 5 nitrogen and oxygen atoms in total. The summed E-state index contributed by atoms with van der Waals surface area (Å²) in [7, 11) is 0. The zero-order valence-electron chi connectivity index (χ0n) is 17.9. The number of piperidine rings is 1. The molecule has 0 aliphatic carbocycles. The van der Waals surface area contributed by atoms with Crippen LogP contribution in [0.5, 0.6) is 0 Å². The molecule has 164 valence electrons. The number of nitrogens with zero attached hydrogens (tertiary/aromatic N) is 3. The first-order chi connectivity index (χ1) is 13.6. The highest BCUT2D eigenvalue weighted by molar-refractivity contribution is 14.0. The predicted octanol–water partition coefficient (Wildman–Crippen LogP) is 3.90. The molecule has 29 heavy (non-hydrogen) atoms. The van der Waals surface area contributed by atoms with E-state index in [-0.39, 0.29) is 42.0 Å². The molecule has 0 radical (unpaired) electrons. The van der Waals surface area contributed by atoms with E-state index in [9.17, 15) is 4.39 Å². The molecule has 0 saturated carbocycles. The van der Waals surface area contributed by atoms with Gasteiger partial charge in [-0.1, -0.05) is 19.1 Å². The number of guanidine groups is 1. The van der Waals surface area contributed by atoms with Crippen molar-refractivity contribution in [3.63, 3.8) is 0 Å². The highest BCUT2D eigenvalue weighted by atomic mass is 127. The van der Waals surface area contributed by atoms with Crippen LogP contribution in [0.15, 0.2) is 29.3 Å². The SMILES string of the molecule is CCNC(=NCC1CCCN(CC)C1)N1CC(C)OC(c2ccc(F)cc2)C1.I. The zero-order valence-corrected chi connectivity index (χ0v) is 20.3. The Morgan fingerprint density at radius 1 is 1.21 bits per heavy atom. The molecule has 2 saturated heterocycles. The maximum atomic E-state index is 13.3. The first-order valence-electron chi connectivity index (χ1n) is 10.8. The molecular formula is C22H36FIN4O. The molecule has 3 unspecified atom stereocenters. The Balaban J connectivity index is 0.00000300. The van der Waals surface area contributed by atoms with E-state index in [2.05, 4.69) is 35.9 Å². The molecule has 0 bridgehead atoms. The van der Waals surface area contributed by atoms with Crippen LogP contribution in [0.2, 0.25) is 0 Å². The molecule has 2 heterocycles. The Morgan fingerprint density at radius 2 is 1.97 bits per heavy atom. The maximum absolute atomic E-state index is 13.3. The van der Waals surface area contributed by atoms with Gasteiger partial charge in [0.1, 0.15) is 11.9 Å². The number of rotatable bonds is 5. The predicted molar refractivity (Wildman–Crippen MR) is 127 cm³/mol. The van der Waals surface area contributed by atoms with Gasteiger partial charge in [0, 0.05) is 26.2 Å². The average molecular weight is 518 g/mol. The van der Waals surface area contributed by atoms with Gasteiger partial charge in [0.25, 0.3) is 0 Å². The van der Waals surface area contributed by atoms with Crippen molar-refractivity contribution < 1.29 is 9.13 Å². The van der Waals surface area contributed by atoms with E-state index in [1.807, 2.05) is 12.1 Å². The van der Waals surface area contributed by atoms with Crippen LogP contribution < -0.4 is 5.32 Å². The van der Waals surface area contributed by atoms with Crippen LogP contribution in [-0.2, 0) is 4.74 Å². The topological polar surface area (TPSA) is 40.1 Å². The van der Waals surface area contributed by atoms with E-state index in [1.165, 1.54) is 31.5 Å². The molecule has 1 aromatic rings. The molecule has 2 aliphatic rings. The summed E-state index contributed by atoms with van der Waals surface area (Å²) in [6.07, 6.45) is 2.56. The molecule has 0 aromatic heterocycles. The lowest BCUT2D eigenvalue weighted by atomic mass is 9.98. The largest absolute Gasteiger partial charge is 0.367 e. The van der Waals surface area contributed by atoms with E-state index in [0.29, 0.717) is 5.92 Å². The van der Waals surface area contributed by atoms with Crippen LogP contribution in [-0.4, -0.2) is 67.7 Å². The molecule has 3 rings (SSSR count). The number of hydrogen-bond acceptors (Lipinski definition) is 3. The molecular weight excluding hydrogens is 482 g/mol. The van der Waals surface area contributed by atoms with Gasteiger partial charge < -0.3 is 19.9 Å². The molecule has 3 atom stereocenters. The number of hydrogen-bond donors (Lipinski definition) is 1. The monoisotopic (exact) mass is 518 g/mol. The van der Waals surface area contributed by atoms with Gasteiger partial charge in [-0.15, -0.1) is 24.0 Å². The fraction of sp³-hybridized carbons (Fsp3) is 0.682. The van der Waals surface area contributed by atoms with Crippen molar-refractivity contribution >= 4 is 29.9 Å². The molecule has 7 heteroatoms. The quantitative estimate of drug-likeness (QED) is 0.365. The summed E-state index contributed by atoms with van der Waals surface area (Å²) in [5.41, 5.74) is 1.01. The van der Waals surface area contributed by atoms with Gasteiger partial charge in [0.05, 0.1) is 12.6 Å². The van der Waals surface area contributed by atoms with Crippen LogP contribution in [0.1, 0.15) is 45.3 Å². The van der Waals surface area contributed by atoms with Crippen LogP contribution in [0.4, 0.5) is 4.39 Å². The normalized spacial score (nSPS) is 26.1. The number of ether oxygens (including phenoxy) is 1. The summed E-state index contributed by atoms with van der Waals surface area (Å²) in [6.45, 7) is 13.2. The van der Waals surface area contributed by atoms with E-state index in [4.69, 9.17) is 9.73 Å². The van der Waals surface area contributed by atoms with Crippen LogP contribution in [0.25, 0.3) is 0 Å². The summed E-state index contributed by atoms with van der Waals surface area (Å²) in [5, 5.41) is 3.47. The van der Waals surface area contributed by atoms with Crippen molar-refractivity contribution in [2.45, 2.75) is 45.8 Å². The van der Waals surface area contributed by atoms with Crippen molar-refractivity contribution in [3.05, 3.63) is 35.6 Å². The van der Waals surface area contributed by atoms with Gasteiger partial charge in [0.2, 0.25) is 0 Å². The number of morpholine rings is 1. The summed E-state index contributed by atoms with van der Waals surface area (Å²) in [6, 6.07) is 6.65. The van der Waals surface area contributed by atoms with E-state index in [0.717, 1.165) is 50.8 Å². The van der Waals surface area contributed by atoms with E-state index >= 15 is 0 Å². The standard InChI is InChI=1S/C22H35FN4O.HI/c1-4-24-22(25-13-18-7-6-12-26(5-2)15-18)27-14-17(3)28-21(16-27)19-8-10-20(23)11-9-19;/h8-11,17-18,21H,4-7,12-16H2,1-3H3,(H,24,25);1H. The molecule has 0 amide bonds.